The molecule has 1 amide bonds. The number of para-hydroxylation sites is 2. The standard InChI is InChI=1S/C19H21NO3/c1-2-23-19(22)15-9-14-18(21)20(16-10-5-3-6-11-16)17-12-7-4-8-13-17/h3-8,10-13H,2,9,14-15H2,1H3. The molecule has 0 radical (unpaired) electrons. The number of carbonyl (C=O) groups is 2. The minimum atomic E-state index is -0.258. The molecule has 0 aliphatic carbocycles. The molecule has 4 heteroatoms. The van der Waals surface area contributed by atoms with Crippen molar-refractivity contribution in [2.75, 3.05) is 11.5 Å². The SMILES string of the molecule is CCOC(=O)CCCC(=O)N(c1ccccc1)c1ccccc1. The second-order valence-electron chi connectivity index (χ2n) is 5.06. The van der Waals surface area contributed by atoms with E-state index in [1.807, 2.05) is 60.7 Å². The van der Waals surface area contributed by atoms with Gasteiger partial charge in [-0.05, 0) is 37.6 Å². The zero-order chi connectivity index (χ0) is 16.5. The van der Waals surface area contributed by atoms with Crippen LogP contribution < -0.4 is 4.90 Å². The van der Waals surface area contributed by atoms with Crippen molar-refractivity contribution in [2.45, 2.75) is 26.2 Å². The summed E-state index contributed by atoms with van der Waals surface area (Å²) in [5.74, 6) is -0.294. The first-order valence-electron chi connectivity index (χ1n) is 7.81. The Balaban J connectivity index is 2.09. The van der Waals surface area contributed by atoms with Crippen molar-refractivity contribution in [3.05, 3.63) is 60.7 Å². The van der Waals surface area contributed by atoms with E-state index >= 15 is 0 Å². The average molecular weight is 311 g/mol. The molecule has 0 unspecified atom stereocenters. The highest BCUT2D eigenvalue weighted by Crippen LogP contribution is 2.26. The molecule has 0 saturated carbocycles. The predicted octanol–water partition coefficient (Wildman–Crippen LogP) is 4.08. The lowest BCUT2D eigenvalue weighted by atomic mass is 10.1. The Morgan fingerprint density at radius 3 is 1.87 bits per heavy atom. The first-order valence-corrected chi connectivity index (χ1v) is 7.81. The van der Waals surface area contributed by atoms with Crippen molar-refractivity contribution in [3.63, 3.8) is 0 Å². The molecule has 2 aromatic rings. The van der Waals surface area contributed by atoms with Gasteiger partial charge >= 0.3 is 5.97 Å². The van der Waals surface area contributed by atoms with Crippen molar-refractivity contribution in [1.29, 1.82) is 0 Å². The van der Waals surface area contributed by atoms with E-state index in [9.17, 15) is 9.59 Å². The number of esters is 1. The monoisotopic (exact) mass is 311 g/mol. The van der Waals surface area contributed by atoms with Crippen LogP contribution in [0.4, 0.5) is 11.4 Å². The van der Waals surface area contributed by atoms with E-state index in [0.29, 0.717) is 19.4 Å². The van der Waals surface area contributed by atoms with Gasteiger partial charge in [0.2, 0.25) is 5.91 Å². The lowest BCUT2D eigenvalue weighted by molar-refractivity contribution is -0.143. The highest BCUT2D eigenvalue weighted by atomic mass is 16.5. The van der Waals surface area contributed by atoms with Gasteiger partial charge in [0, 0.05) is 24.2 Å². The van der Waals surface area contributed by atoms with Crippen LogP contribution >= 0.6 is 0 Å². The van der Waals surface area contributed by atoms with Crippen molar-refractivity contribution in [2.24, 2.45) is 0 Å². The maximum atomic E-state index is 12.7. The molecule has 120 valence electrons. The zero-order valence-corrected chi connectivity index (χ0v) is 13.3. The number of anilines is 2. The molecule has 0 N–H and O–H groups in total. The Morgan fingerprint density at radius 1 is 0.870 bits per heavy atom. The van der Waals surface area contributed by atoms with E-state index in [1.165, 1.54) is 0 Å². The molecule has 0 atom stereocenters. The smallest absolute Gasteiger partial charge is 0.305 e. The third-order valence-corrected chi connectivity index (χ3v) is 3.36. The quantitative estimate of drug-likeness (QED) is 0.724. The lowest BCUT2D eigenvalue weighted by Crippen LogP contribution is -2.25. The van der Waals surface area contributed by atoms with E-state index in [-0.39, 0.29) is 18.3 Å². The summed E-state index contributed by atoms with van der Waals surface area (Å²) in [5, 5.41) is 0. The fourth-order valence-corrected chi connectivity index (χ4v) is 2.32. The first-order chi connectivity index (χ1) is 11.2. The summed E-state index contributed by atoms with van der Waals surface area (Å²) in [7, 11) is 0. The number of nitrogens with zero attached hydrogens (tertiary/aromatic N) is 1. The van der Waals surface area contributed by atoms with Crippen LogP contribution in [0.2, 0.25) is 0 Å². The molecule has 0 aliphatic heterocycles. The number of rotatable bonds is 7. The van der Waals surface area contributed by atoms with Crippen LogP contribution in [0.3, 0.4) is 0 Å². The molecule has 0 aliphatic rings. The molecule has 2 rings (SSSR count). The van der Waals surface area contributed by atoms with E-state index in [1.54, 1.807) is 11.8 Å². The molecule has 0 fully saturated rings. The largest absolute Gasteiger partial charge is 0.466 e. The second kappa shape index (κ2) is 8.73. The molecule has 4 nitrogen and oxygen atoms in total. The summed E-state index contributed by atoms with van der Waals surface area (Å²) in [6.45, 7) is 2.14. The van der Waals surface area contributed by atoms with Gasteiger partial charge in [0.25, 0.3) is 0 Å². The minimum Gasteiger partial charge on any atom is -0.466 e. The number of carbonyl (C=O) groups excluding carboxylic acids is 2. The van der Waals surface area contributed by atoms with Gasteiger partial charge in [-0.25, -0.2) is 0 Å². The third kappa shape index (κ3) is 4.95. The van der Waals surface area contributed by atoms with Gasteiger partial charge < -0.3 is 4.74 Å². The Kier molecular flexibility index (Phi) is 6.36. The Hall–Kier alpha value is -2.62. The molecule has 0 aromatic heterocycles. The maximum absolute atomic E-state index is 12.7. The fourth-order valence-electron chi connectivity index (χ4n) is 2.32. The second-order valence-corrected chi connectivity index (χ2v) is 5.06. The van der Waals surface area contributed by atoms with Gasteiger partial charge in [0.15, 0.2) is 0 Å². The molecule has 2 aromatic carbocycles. The van der Waals surface area contributed by atoms with Crippen LogP contribution in [0, 0.1) is 0 Å². The zero-order valence-electron chi connectivity index (χ0n) is 13.3. The normalized spacial score (nSPS) is 10.1. The number of hydrogen-bond acceptors (Lipinski definition) is 3. The van der Waals surface area contributed by atoms with Crippen molar-refractivity contribution in [1.82, 2.24) is 0 Å². The van der Waals surface area contributed by atoms with Crippen LogP contribution in [0.5, 0.6) is 0 Å². The summed E-state index contributed by atoms with van der Waals surface area (Å²) in [6, 6.07) is 19.0. The summed E-state index contributed by atoms with van der Waals surface area (Å²) in [5.41, 5.74) is 1.64. The van der Waals surface area contributed by atoms with E-state index < -0.39 is 0 Å². The van der Waals surface area contributed by atoms with E-state index in [2.05, 4.69) is 0 Å². The van der Waals surface area contributed by atoms with Crippen LogP contribution in [0.1, 0.15) is 26.2 Å². The maximum Gasteiger partial charge on any atom is 0.305 e. The molecular formula is C19H21NO3. The van der Waals surface area contributed by atoms with Crippen molar-refractivity contribution in [3.8, 4) is 0 Å². The number of amides is 1. The summed E-state index contributed by atoms with van der Waals surface area (Å²) >= 11 is 0. The highest BCUT2D eigenvalue weighted by molar-refractivity contribution is 6.00. The van der Waals surface area contributed by atoms with Crippen LogP contribution in [0.15, 0.2) is 60.7 Å². The third-order valence-electron chi connectivity index (χ3n) is 3.36. The number of hydrogen-bond donors (Lipinski definition) is 0. The van der Waals surface area contributed by atoms with Gasteiger partial charge in [-0.3, -0.25) is 14.5 Å². The minimum absolute atomic E-state index is 0.0355. The Morgan fingerprint density at radius 2 is 1.39 bits per heavy atom. The summed E-state index contributed by atoms with van der Waals surface area (Å²) < 4.78 is 4.89. The predicted molar refractivity (Wildman–Crippen MR) is 90.5 cm³/mol. The first kappa shape index (κ1) is 16.7. The van der Waals surface area contributed by atoms with Crippen LogP contribution in [-0.2, 0) is 14.3 Å². The molecular weight excluding hydrogens is 290 g/mol. The van der Waals surface area contributed by atoms with E-state index in [0.717, 1.165) is 11.4 Å². The van der Waals surface area contributed by atoms with Crippen molar-refractivity contribution < 1.29 is 14.3 Å². The topological polar surface area (TPSA) is 46.6 Å². The van der Waals surface area contributed by atoms with Gasteiger partial charge in [0.05, 0.1) is 6.61 Å². The van der Waals surface area contributed by atoms with Crippen LogP contribution in [0.25, 0.3) is 0 Å². The van der Waals surface area contributed by atoms with Crippen LogP contribution in [-0.4, -0.2) is 18.5 Å². The van der Waals surface area contributed by atoms with Gasteiger partial charge in [0.1, 0.15) is 0 Å². The average Bonchev–Trinajstić information content (AvgIpc) is 2.57. The summed E-state index contributed by atoms with van der Waals surface area (Å²) in [4.78, 5) is 25.7. The van der Waals surface area contributed by atoms with Crippen molar-refractivity contribution >= 4 is 23.3 Å². The fraction of sp³-hybridized carbons (Fsp3) is 0.263. The molecule has 0 bridgehead atoms. The van der Waals surface area contributed by atoms with E-state index in [4.69, 9.17) is 4.74 Å². The van der Waals surface area contributed by atoms with Gasteiger partial charge in [-0.1, -0.05) is 36.4 Å². The summed E-state index contributed by atoms with van der Waals surface area (Å²) in [6.07, 6.45) is 1.04. The Bertz CT molecular complexity index is 586. The Labute approximate surface area is 136 Å². The molecule has 0 spiro atoms. The molecule has 0 saturated heterocycles. The number of ether oxygens (including phenoxy) is 1. The highest BCUT2D eigenvalue weighted by Gasteiger charge is 2.17. The number of benzene rings is 2. The molecule has 0 heterocycles. The van der Waals surface area contributed by atoms with Gasteiger partial charge in [-0.2, -0.15) is 0 Å². The lowest BCUT2D eigenvalue weighted by Gasteiger charge is -2.23. The van der Waals surface area contributed by atoms with Gasteiger partial charge in [-0.15, -0.1) is 0 Å². The molecule has 23 heavy (non-hydrogen) atoms.